The maximum atomic E-state index is 12.7. The van der Waals surface area contributed by atoms with Crippen molar-refractivity contribution in [1.82, 2.24) is 14.5 Å². The molecular weight excluding hydrogens is 328 g/mol. The summed E-state index contributed by atoms with van der Waals surface area (Å²) in [5.74, 6) is -0.272. The number of aryl methyl sites for hydroxylation is 2. The van der Waals surface area contributed by atoms with Crippen molar-refractivity contribution in [3.05, 3.63) is 70.3 Å². The maximum Gasteiger partial charge on any atom is 0.278 e. The molecule has 0 radical (unpaired) electrons. The van der Waals surface area contributed by atoms with Crippen LogP contribution >= 0.6 is 0 Å². The predicted octanol–water partition coefficient (Wildman–Crippen LogP) is 3.13. The van der Waals surface area contributed by atoms with Crippen LogP contribution in [-0.4, -0.2) is 20.4 Å². The Bertz CT molecular complexity index is 1200. The summed E-state index contributed by atoms with van der Waals surface area (Å²) in [4.78, 5) is 32.5. The summed E-state index contributed by atoms with van der Waals surface area (Å²) in [6.45, 7) is 3.86. The Labute approximate surface area is 149 Å². The van der Waals surface area contributed by atoms with E-state index >= 15 is 0 Å². The molecule has 130 valence electrons. The quantitative estimate of drug-likeness (QED) is 0.598. The zero-order valence-electron chi connectivity index (χ0n) is 14.5. The molecule has 26 heavy (non-hydrogen) atoms. The molecule has 2 aromatic heterocycles. The van der Waals surface area contributed by atoms with Gasteiger partial charge in [-0.05, 0) is 43.7 Å². The van der Waals surface area contributed by atoms with E-state index in [1.165, 1.54) is 10.9 Å². The molecule has 4 rings (SSSR count). The molecule has 2 N–H and O–H groups in total. The molecule has 0 aliphatic carbocycles. The lowest BCUT2D eigenvalue weighted by molar-refractivity contribution is -0.116. The second-order valence-electron chi connectivity index (χ2n) is 6.49. The van der Waals surface area contributed by atoms with E-state index in [2.05, 4.69) is 15.3 Å². The highest BCUT2D eigenvalue weighted by Crippen LogP contribution is 2.22. The minimum Gasteiger partial charge on any atom is -0.349 e. The zero-order chi connectivity index (χ0) is 18.3. The summed E-state index contributed by atoms with van der Waals surface area (Å²) in [6, 6.07) is 13.4. The van der Waals surface area contributed by atoms with Gasteiger partial charge in [0.1, 0.15) is 17.6 Å². The number of nitrogens with one attached hydrogen (secondary N) is 2. The molecule has 2 aromatic carbocycles. The lowest BCUT2D eigenvalue weighted by atomic mass is 10.2. The summed E-state index contributed by atoms with van der Waals surface area (Å²) < 4.78 is 1.32. The van der Waals surface area contributed by atoms with Gasteiger partial charge in [-0.3, -0.25) is 14.2 Å². The van der Waals surface area contributed by atoms with Gasteiger partial charge in [-0.1, -0.05) is 23.8 Å². The smallest absolute Gasteiger partial charge is 0.278 e. The van der Waals surface area contributed by atoms with Gasteiger partial charge in [-0.2, -0.15) is 0 Å². The number of hydrogen-bond donors (Lipinski definition) is 2. The molecule has 4 aromatic rings. The van der Waals surface area contributed by atoms with E-state index in [0.717, 1.165) is 22.0 Å². The van der Waals surface area contributed by atoms with Crippen LogP contribution < -0.4 is 10.9 Å². The van der Waals surface area contributed by atoms with Crippen LogP contribution in [0.5, 0.6) is 0 Å². The molecule has 1 amide bonds. The summed E-state index contributed by atoms with van der Waals surface area (Å²) in [5.41, 5.74) is 4.50. The van der Waals surface area contributed by atoms with Crippen molar-refractivity contribution in [1.29, 1.82) is 0 Å². The molecule has 0 fully saturated rings. The number of fused-ring (bicyclic) bond motifs is 3. The van der Waals surface area contributed by atoms with Crippen molar-refractivity contribution in [2.24, 2.45) is 0 Å². The van der Waals surface area contributed by atoms with E-state index in [4.69, 9.17) is 0 Å². The zero-order valence-corrected chi connectivity index (χ0v) is 14.5. The number of aromatic nitrogens is 3. The third-order valence-corrected chi connectivity index (χ3v) is 4.34. The van der Waals surface area contributed by atoms with Crippen molar-refractivity contribution >= 4 is 33.5 Å². The first-order valence-corrected chi connectivity index (χ1v) is 8.35. The SMILES string of the molecule is Cc1cccc(NC(=O)Cn2cnc3c([nH]c4ccc(C)cc43)c2=O)c1. The number of hydrogen-bond acceptors (Lipinski definition) is 3. The molecule has 0 saturated carbocycles. The molecule has 6 heteroatoms. The fourth-order valence-electron chi connectivity index (χ4n) is 3.09. The number of benzene rings is 2. The van der Waals surface area contributed by atoms with Crippen molar-refractivity contribution in [2.45, 2.75) is 20.4 Å². The molecular formula is C20H18N4O2. The average Bonchev–Trinajstić information content (AvgIpc) is 2.96. The van der Waals surface area contributed by atoms with Crippen LogP contribution in [0.25, 0.3) is 21.9 Å². The number of H-pyrrole nitrogens is 1. The van der Waals surface area contributed by atoms with Crippen LogP contribution in [0, 0.1) is 13.8 Å². The number of carbonyl (C=O) groups excluding carboxylic acids is 1. The third kappa shape index (κ3) is 2.86. The molecule has 0 atom stereocenters. The topological polar surface area (TPSA) is 79.8 Å². The summed E-state index contributed by atoms with van der Waals surface area (Å²) >= 11 is 0. The van der Waals surface area contributed by atoms with E-state index in [-0.39, 0.29) is 18.0 Å². The Balaban J connectivity index is 1.66. The van der Waals surface area contributed by atoms with E-state index < -0.39 is 0 Å². The minimum atomic E-state index is -0.272. The van der Waals surface area contributed by atoms with E-state index in [9.17, 15) is 9.59 Å². The fraction of sp³-hybridized carbons (Fsp3) is 0.150. The van der Waals surface area contributed by atoms with Gasteiger partial charge in [0.2, 0.25) is 5.91 Å². The number of rotatable bonds is 3. The first kappa shape index (κ1) is 16.1. The largest absolute Gasteiger partial charge is 0.349 e. The van der Waals surface area contributed by atoms with Crippen LogP contribution in [0.2, 0.25) is 0 Å². The molecule has 0 unspecified atom stereocenters. The van der Waals surface area contributed by atoms with Gasteiger partial charge < -0.3 is 10.3 Å². The number of anilines is 1. The number of carbonyl (C=O) groups is 1. The van der Waals surface area contributed by atoms with Crippen LogP contribution in [0.3, 0.4) is 0 Å². The molecule has 0 aliphatic heterocycles. The van der Waals surface area contributed by atoms with Crippen molar-refractivity contribution < 1.29 is 4.79 Å². The highest BCUT2D eigenvalue weighted by Gasteiger charge is 2.13. The number of aromatic amines is 1. The van der Waals surface area contributed by atoms with Crippen LogP contribution in [0.1, 0.15) is 11.1 Å². The Morgan fingerprint density at radius 3 is 2.77 bits per heavy atom. The van der Waals surface area contributed by atoms with Gasteiger partial charge in [0.05, 0.1) is 6.33 Å². The first-order chi connectivity index (χ1) is 12.5. The Morgan fingerprint density at radius 2 is 1.96 bits per heavy atom. The monoisotopic (exact) mass is 346 g/mol. The van der Waals surface area contributed by atoms with Crippen LogP contribution in [0.15, 0.2) is 53.6 Å². The minimum absolute atomic E-state index is 0.0931. The van der Waals surface area contributed by atoms with Gasteiger partial charge >= 0.3 is 0 Å². The Kier molecular flexibility index (Phi) is 3.80. The molecule has 0 aliphatic rings. The summed E-state index contributed by atoms with van der Waals surface area (Å²) in [5, 5.41) is 3.71. The van der Waals surface area contributed by atoms with Crippen LogP contribution in [-0.2, 0) is 11.3 Å². The lowest BCUT2D eigenvalue weighted by Gasteiger charge is -2.07. The second-order valence-corrected chi connectivity index (χ2v) is 6.49. The number of nitrogens with zero attached hydrogens (tertiary/aromatic N) is 2. The summed E-state index contributed by atoms with van der Waals surface area (Å²) in [7, 11) is 0. The fourth-order valence-corrected chi connectivity index (χ4v) is 3.09. The molecule has 6 nitrogen and oxygen atoms in total. The first-order valence-electron chi connectivity index (χ1n) is 8.35. The van der Waals surface area contributed by atoms with E-state index in [1.807, 2.05) is 56.3 Å². The van der Waals surface area contributed by atoms with Crippen molar-refractivity contribution in [3.8, 4) is 0 Å². The third-order valence-electron chi connectivity index (χ3n) is 4.34. The molecule has 0 spiro atoms. The predicted molar refractivity (Wildman–Crippen MR) is 102 cm³/mol. The lowest BCUT2D eigenvalue weighted by Crippen LogP contribution is -2.27. The Hall–Kier alpha value is -3.41. The standard InChI is InChI=1S/C20H18N4O2/c1-12-4-3-5-14(8-12)22-17(25)10-24-11-21-18-15-9-13(2)6-7-16(15)23-19(18)20(24)26/h3-9,11,23H,10H2,1-2H3,(H,22,25). The molecule has 0 bridgehead atoms. The van der Waals surface area contributed by atoms with Gasteiger partial charge in [0.15, 0.2) is 0 Å². The highest BCUT2D eigenvalue weighted by molar-refractivity contribution is 6.04. The number of amides is 1. The molecule has 0 saturated heterocycles. The van der Waals surface area contributed by atoms with Crippen molar-refractivity contribution in [3.63, 3.8) is 0 Å². The second kappa shape index (κ2) is 6.15. The normalized spacial score (nSPS) is 11.2. The highest BCUT2D eigenvalue weighted by atomic mass is 16.2. The van der Waals surface area contributed by atoms with E-state index in [1.54, 1.807) is 0 Å². The molecule has 2 heterocycles. The van der Waals surface area contributed by atoms with Crippen LogP contribution in [0.4, 0.5) is 5.69 Å². The van der Waals surface area contributed by atoms with Gasteiger partial charge in [0.25, 0.3) is 5.56 Å². The van der Waals surface area contributed by atoms with Gasteiger partial charge in [-0.25, -0.2) is 4.98 Å². The Morgan fingerprint density at radius 1 is 1.15 bits per heavy atom. The summed E-state index contributed by atoms with van der Waals surface area (Å²) in [6.07, 6.45) is 1.43. The van der Waals surface area contributed by atoms with Gasteiger partial charge in [-0.15, -0.1) is 0 Å². The van der Waals surface area contributed by atoms with Gasteiger partial charge in [0, 0.05) is 16.6 Å². The van der Waals surface area contributed by atoms with E-state index in [0.29, 0.717) is 16.7 Å². The maximum absolute atomic E-state index is 12.7. The average molecular weight is 346 g/mol. The van der Waals surface area contributed by atoms with Crippen molar-refractivity contribution in [2.75, 3.05) is 5.32 Å².